The van der Waals surface area contributed by atoms with Gasteiger partial charge in [0.15, 0.2) is 0 Å². The molecule has 32 heavy (non-hydrogen) atoms. The van der Waals surface area contributed by atoms with Crippen LogP contribution in [0.1, 0.15) is 74.6 Å². The van der Waals surface area contributed by atoms with E-state index in [-0.39, 0.29) is 22.1 Å². The van der Waals surface area contributed by atoms with Crippen LogP contribution in [0.25, 0.3) is 0 Å². The van der Waals surface area contributed by atoms with E-state index < -0.39 is 10.0 Å². The Morgan fingerprint density at radius 1 is 0.969 bits per heavy atom. The van der Waals surface area contributed by atoms with Crippen molar-refractivity contribution in [3.8, 4) is 5.75 Å². The zero-order valence-corrected chi connectivity index (χ0v) is 20.1. The van der Waals surface area contributed by atoms with Crippen molar-refractivity contribution >= 4 is 15.9 Å². The number of nitrogens with one attached hydrogen (secondary N) is 1. The number of carbonyl (C=O) groups is 1. The lowest BCUT2D eigenvalue weighted by atomic mass is 9.79. The molecule has 2 heterocycles. The Kier molecular flexibility index (Phi) is 7.42. The molecule has 178 valence electrons. The molecule has 7 nitrogen and oxygen atoms in total. The molecule has 0 unspecified atom stereocenters. The molecule has 1 amide bonds. The fourth-order valence-electron chi connectivity index (χ4n) is 5.62. The van der Waals surface area contributed by atoms with E-state index in [0.29, 0.717) is 25.2 Å². The van der Waals surface area contributed by atoms with Crippen molar-refractivity contribution in [2.24, 2.45) is 0 Å². The van der Waals surface area contributed by atoms with E-state index >= 15 is 0 Å². The van der Waals surface area contributed by atoms with E-state index in [1.807, 2.05) is 0 Å². The predicted octanol–water partition coefficient (Wildman–Crippen LogP) is 3.40. The molecule has 0 radical (unpaired) electrons. The van der Waals surface area contributed by atoms with Crippen LogP contribution >= 0.6 is 0 Å². The molecule has 0 atom stereocenters. The zero-order chi connectivity index (χ0) is 22.6. The normalized spacial score (nSPS) is 22.5. The molecule has 2 saturated heterocycles. The highest BCUT2D eigenvalue weighted by atomic mass is 32.2. The zero-order valence-electron chi connectivity index (χ0n) is 19.3. The number of carbonyl (C=O) groups excluding carboxylic acids is 1. The van der Waals surface area contributed by atoms with Crippen molar-refractivity contribution in [1.82, 2.24) is 14.5 Å². The maximum atomic E-state index is 13.2. The van der Waals surface area contributed by atoms with Crippen molar-refractivity contribution < 1.29 is 17.9 Å². The van der Waals surface area contributed by atoms with Gasteiger partial charge in [0.25, 0.3) is 5.91 Å². The van der Waals surface area contributed by atoms with Crippen LogP contribution in [0.2, 0.25) is 0 Å². The summed E-state index contributed by atoms with van der Waals surface area (Å²) in [5.74, 6) is 0.0676. The monoisotopic (exact) mass is 463 g/mol. The standard InChI is InChI=1S/C24H37N3O4S/c1-31-21-11-10-20(18-22(21)32(29,30)27-16-8-9-17-27)23(28)25-19-24(12-4-2-5-13-24)26-14-6-3-7-15-26/h10-11,18H,2-9,12-17,19H2,1H3,(H,25,28). The Morgan fingerprint density at radius 2 is 1.59 bits per heavy atom. The highest BCUT2D eigenvalue weighted by Gasteiger charge is 2.39. The van der Waals surface area contributed by atoms with E-state index in [1.165, 1.54) is 56.0 Å². The number of methoxy groups -OCH3 is 1. The minimum Gasteiger partial charge on any atom is -0.495 e. The smallest absolute Gasteiger partial charge is 0.251 e. The Morgan fingerprint density at radius 3 is 2.25 bits per heavy atom. The lowest BCUT2D eigenvalue weighted by Gasteiger charge is -2.48. The number of hydrogen-bond donors (Lipinski definition) is 1. The van der Waals surface area contributed by atoms with Crippen LogP contribution in [0.4, 0.5) is 0 Å². The van der Waals surface area contributed by atoms with Crippen LogP contribution in [0, 0.1) is 0 Å². The van der Waals surface area contributed by atoms with Crippen LogP contribution < -0.4 is 10.1 Å². The van der Waals surface area contributed by atoms with Crippen LogP contribution in [0.3, 0.4) is 0 Å². The number of amides is 1. The third-order valence-electron chi connectivity index (χ3n) is 7.50. The Balaban J connectivity index is 1.52. The topological polar surface area (TPSA) is 79.0 Å². The van der Waals surface area contributed by atoms with Gasteiger partial charge >= 0.3 is 0 Å². The van der Waals surface area contributed by atoms with Crippen molar-refractivity contribution in [1.29, 1.82) is 0 Å². The summed E-state index contributed by atoms with van der Waals surface area (Å²) in [6.07, 6.45) is 11.4. The first-order valence-corrected chi connectivity index (χ1v) is 13.6. The highest BCUT2D eigenvalue weighted by Crippen LogP contribution is 2.35. The van der Waals surface area contributed by atoms with E-state index in [2.05, 4.69) is 10.2 Å². The van der Waals surface area contributed by atoms with E-state index in [1.54, 1.807) is 12.1 Å². The Hall–Kier alpha value is -1.64. The van der Waals surface area contributed by atoms with Crippen molar-refractivity contribution in [3.63, 3.8) is 0 Å². The van der Waals surface area contributed by atoms with Gasteiger partial charge in [0, 0.05) is 30.7 Å². The van der Waals surface area contributed by atoms with Gasteiger partial charge in [0.2, 0.25) is 10.0 Å². The number of likely N-dealkylation sites (tertiary alicyclic amines) is 1. The molecule has 1 N–H and O–H groups in total. The Bertz CT molecular complexity index is 900. The summed E-state index contributed by atoms with van der Waals surface area (Å²) in [6, 6.07) is 4.74. The average molecular weight is 464 g/mol. The molecule has 1 saturated carbocycles. The predicted molar refractivity (Wildman–Crippen MR) is 125 cm³/mol. The number of rotatable bonds is 7. The lowest BCUT2D eigenvalue weighted by Crippen LogP contribution is -2.58. The summed E-state index contributed by atoms with van der Waals surface area (Å²) in [5, 5.41) is 3.16. The van der Waals surface area contributed by atoms with E-state index in [4.69, 9.17) is 4.74 Å². The second-order valence-corrected chi connectivity index (χ2v) is 11.4. The highest BCUT2D eigenvalue weighted by molar-refractivity contribution is 7.89. The van der Waals surface area contributed by atoms with Crippen molar-refractivity contribution in [2.45, 2.75) is 74.6 Å². The number of ether oxygens (including phenoxy) is 1. The van der Waals surface area contributed by atoms with Gasteiger partial charge in [0.1, 0.15) is 10.6 Å². The van der Waals surface area contributed by atoms with Gasteiger partial charge in [-0.3, -0.25) is 9.69 Å². The third kappa shape index (κ3) is 4.82. The number of hydrogen-bond acceptors (Lipinski definition) is 5. The summed E-state index contributed by atoms with van der Waals surface area (Å²) < 4.78 is 33.1. The first kappa shape index (κ1) is 23.5. The fraction of sp³-hybridized carbons (Fsp3) is 0.708. The molecular weight excluding hydrogens is 426 g/mol. The summed E-state index contributed by atoms with van der Waals surface area (Å²) in [4.78, 5) is 15.8. The van der Waals surface area contributed by atoms with Gasteiger partial charge in [-0.05, 0) is 69.8 Å². The minimum absolute atomic E-state index is 0.0330. The molecule has 8 heteroatoms. The number of benzene rings is 1. The van der Waals surface area contributed by atoms with Crippen LogP contribution in [-0.2, 0) is 10.0 Å². The fourth-order valence-corrected chi connectivity index (χ4v) is 7.32. The molecule has 3 aliphatic rings. The summed E-state index contributed by atoms with van der Waals surface area (Å²) in [6.45, 7) is 3.86. The maximum absolute atomic E-state index is 13.2. The largest absolute Gasteiger partial charge is 0.495 e. The first-order chi connectivity index (χ1) is 15.5. The molecule has 3 fully saturated rings. The number of sulfonamides is 1. The van der Waals surface area contributed by atoms with Gasteiger partial charge in [-0.25, -0.2) is 8.42 Å². The second kappa shape index (κ2) is 10.1. The van der Waals surface area contributed by atoms with E-state index in [0.717, 1.165) is 38.8 Å². The SMILES string of the molecule is COc1ccc(C(=O)NCC2(N3CCCCC3)CCCCC2)cc1S(=O)(=O)N1CCCC1. The molecule has 1 aromatic rings. The summed E-state index contributed by atoms with van der Waals surface area (Å²) >= 11 is 0. The Labute approximate surface area is 192 Å². The summed E-state index contributed by atoms with van der Waals surface area (Å²) in [7, 11) is -2.22. The molecule has 0 spiro atoms. The molecular formula is C24H37N3O4S. The van der Waals surface area contributed by atoms with Crippen LogP contribution in [0.15, 0.2) is 23.1 Å². The third-order valence-corrected chi connectivity index (χ3v) is 9.42. The summed E-state index contributed by atoms with van der Waals surface area (Å²) in [5.41, 5.74) is 0.402. The van der Waals surface area contributed by atoms with Gasteiger partial charge in [-0.15, -0.1) is 0 Å². The van der Waals surface area contributed by atoms with Gasteiger partial charge in [0.05, 0.1) is 7.11 Å². The molecule has 1 aromatic carbocycles. The van der Waals surface area contributed by atoms with Crippen molar-refractivity contribution in [2.75, 3.05) is 39.8 Å². The quantitative estimate of drug-likeness (QED) is 0.671. The molecule has 0 aromatic heterocycles. The van der Waals surface area contributed by atoms with Gasteiger partial charge in [-0.1, -0.05) is 25.7 Å². The van der Waals surface area contributed by atoms with Gasteiger partial charge in [-0.2, -0.15) is 4.31 Å². The van der Waals surface area contributed by atoms with Crippen molar-refractivity contribution in [3.05, 3.63) is 23.8 Å². The lowest BCUT2D eigenvalue weighted by molar-refractivity contribution is 0.0326. The minimum atomic E-state index is -3.68. The molecule has 4 rings (SSSR count). The van der Waals surface area contributed by atoms with Gasteiger partial charge < -0.3 is 10.1 Å². The molecule has 2 aliphatic heterocycles. The van der Waals surface area contributed by atoms with Crippen LogP contribution in [-0.4, -0.2) is 68.9 Å². The van der Waals surface area contributed by atoms with E-state index in [9.17, 15) is 13.2 Å². The first-order valence-electron chi connectivity index (χ1n) is 12.2. The second-order valence-electron chi connectivity index (χ2n) is 9.49. The molecule has 0 bridgehead atoms. The van der Waals surface area contributed by atoms with Crippen LogP contribution in [0.5, 0.6) is 5.75 Å². The average Bonchev–Trinajstić information content (AvgIpc) is 3.39. The molecule has 1 aliphatic carbocycles. The maximum Gasteiger partial charge on any atom is 0.251 e. The number of nitrogens with zero attached hydrogens (tertiary/aromatic N) is 2. The number of piperidine rings is 1.